The van der Waals surface area contributed by atoms with Crippen molar-refractivity contribution in [1.82, 2.24) is 0 Å². The first-order chi connectivity index (χ1) is 10.4. The number of amides is 1. The van der Waals surface area contributed by atoms with Crippen molar-refractivity contribution in [1.29, 1.82) is 0 Å². The molecule has 0 saturated carbocycles. The molecule has 0 saturated heterocycles. The van der Waals surface area contributed by atoms with Gasteiger partial charge < -0.3 is 10.1 Å². The Morgan fingerprint density at radius 2 is 1.95 bits per heavy atom. The molecule has 2 aromatic carbocycles. The van der Waals surface area contributed by atoms with Crippen LogP contribution in [-0.4, -0.2) is 12.5 Å². The topological polar surface area (TPSA) is 38.3 Å². The van der Waals surface area contributed by atoms with Crippen LogP contribution < -0.4 is 10.1 Å². The van der Waals surface area contributed by atoms with Crippen LogP contribution in [0.5, 0.6) is 5.75 Å². The van der Waals surface area contributed by atoms with E-state index in [0.717, 1.165) is 6.07 Å². The lowest BCUT2D eigenvalue weighted by Crippen LogP contribution is -2.13. The molecule has 0 bridgehead atoms. The van der Waals surface area contributed by atoms with Gasteiger partial charge in [-0.15, -0.1) is 0 Å². The van der Waals surface area contributed by atoms with E-state index in [0.29, 0.717) is 5.56 Å². The second-order valence-electron chi connectivity index (χ2n) is 4.44. The minimum absolute atomic E-state index is 0.0749. The number of alkyl halides is 2. The molecule has 1 amide bonds. The lowest BCUT2D eigenvalue weighted by molar-refractivity contribution is -0.0497. The number of rotatable bonds is 4. The molecule has 116 valence electrons. The molecule has 0 aliphatic heterocycles. The van der Waals surface area contributed by atoms with E-state index in [-0.39, 0.29) is 22.0 Å². The molecule has 0 aromatic heterocycles. The number of aryl methyl sites for hydroxylation is 1. The summed E-state index contributed by atoms with van der Waals surface area (Å²) in [4.78, 5) is 12.1. The molecule has 0 spiro atoms. The summed E-state index contributed by atoms with van der Waals surface area (Å²) in [6, 6.07) is 7.68. The zero-order valence-corrected chi connectivity index (χ0v) is 12.1. The maximum atomic E-state index is 13.2. The van der Waals surface area contributed by atoms with Gasteiger partial charge in [-0.1, -0.05) is 17.7 Å². The van der Waals surface area contributed by atoms with Crippen LogP contribution in [-0.2, 0) is 0 Å². The summed E-state index contributed by atoms with van der Waals surface area (Å²) >= 11 is 5.79. The summed E-state index contributed by atoms with van der Waals surface area (Å²) in [5.41, 5.74) is 1.05. The number of carbonyl (C=O) groups excluding carboxylic acids is 1. The molecule has 0 atom stereocenters. The van der Waals surface area contributed by atoms with Gasteiger partial charge in [-0.2, -0.15) is 8.78 Å². The molecule has 0 fully saturated rings. The zero-order valence-electron chi connectivity index (χ0n) is 11.4. The highest BCUT2D eigenvalue weighted by molar-refractivity contribution is 6.32. The van der Waals surface area contributed by atoms with Gasteiger partial charge in [0.05, 0.1) is 5.02 Å². The highest BCUT2D eigenvalue weighted by Gasteiger charge is 2.13. The molecule has 1 N–H and O–H groups in total. The van der Waals surface area contributed by atoms with Crippen LogP contribution >= 0.6 is 11.6 Å². The summed E-state index contributed by atoms with van der Waals surface area (Å²) in [5, 5.41) is 2.44. The van der Waals surface area contributed by atoms with Gasteiger partial charge in [0, 0.05) is 11.3 Å². The summed E-state index contributed by atoms with van der Waals surface area (Å²) in [7, 11) is 0. The van der Waals surface area contributed by atoms with Gasteiger partial charge >= 0.3 is 6.61 Å². The highest BCUT2D eigenvalue weighted by Crippen LogP contribution is 2.29. The largest absolute Gasteiger partial charge is 0.433 e. The monoisotopic (exact) mass is 329 g/mol. The number of hydrogen-bond donors (Lipinski definition) is 1. The number of benzene rings is 2. The van der Waals surface area contributed by atoms with Crippen LogP contribution in [0.4, 0.5) is 18.9 Å². The Hall–Kier alpha value is -2.21. The molecule has 0 unspecified atom stereocenters. The van der Waals surface area contributed by atoms with Crippen LogP contribution in [0.1, 0.15) is 15.9 Å². The summed E-state index contributed by atoms with van der Waals surface area (Å²) in [6.45, 7) is -1.33. The van der Waals surface area contributed by atoms with E-state index in [2.05, 4.69) is 10.1 Å². The molecular weight excluding hydrogens is 319 g/mol. The van der Waals surface area contributed by atoms with Crippen molar-refractivity contribution in [2.75, 3.05) is 5.32 Å². The van der Waals surface area contributed by atoms with E-state index < -0.39 is 18.3 Å². The Kier molecular flexibility index (Phi) is 4.92. The summed E-state index contributed by atoms with van der Waals surface area (Å²) in [5.74, 6) is -1.26. The van der Waals surface area contributed by atoms with Gasteiger partial charge in [0.1, 0.15) is 11.6 Å². The van der Waals surface area contributed by atoms with Crippen LogP contribution in [0, 0.1) is 12.7 Å². The van der Waals surface area contributed by atoms with Crippen molar-refractivity contribution in [2.24, 2.45) is 0 Å². The molecule has 2 rings (SSSR count). The van der Waals surface area contributed by atoms with Gasteiger partial charge in [-0.3, -0.25) is 4.79 Å². The first kappa shape index (κ1) is 16.2. The maximum absolute atomic E-state index is 13.2. The number of halogens is 4. The number of nitrogens with one attached hydrogen (secondary N) is 1. The quantitative estimate of drug-likeness (QED) is 0.887. The number of anilines is 1. The van der Waals surface area contributed by atoms with E-state index in [1.54, 1.807) is 6.92 Å². The Bertz CT molecular complexity index is 707. The fourth-order valence-electron chi connectivity index (χ4n) is 1.81. The van der Waals surface area contributed by atoms with Crippen molar-refractivity contribution >= 4 is 23.2 Å². The average molecular weight is 330 g/mol. The molecular formula is C15H11ClF3NO2. The van der Waals surface area contributed by atoms with Crippen molar-refractivity contribution in [3.8, 4) is 5.75 Å². The third-order valence-electron chi connectivity index (χ3n) is 2.85. The summed E-state index contributed by atoms with van der Waals surface area (Å²) < 4.78 is 41.7. The first-order valence-electron chi connectivity index (χ1n) is 6.18. The Morgan fingerprint density at radius 1 is 1.23 bits per heavy atom. The van der Waals surface area contributed by atoms with E-state index in [4.69, 9.17) is 11.6 Å². The van der Waals surface area contributed by atoms with Crippen LogP contribution in [0.25, 0.3) is 0 Å². The lowest BCUT2D eigenvalue weighted by Gasteiger charge is -2.10. The molecule has 0 heterocycles. The average Bonchev–Trinajstić information content (AvgIpc) is 2.44. The molecule has 0 aliphatic rings. The fourth-order valence-corrected chi connectivity index (χ4v) is 2.03. The van der Waals surface area contributed by atoms with Crippen molar-refractivity contribution in [3.63, 3.8) is 0 Å². The van der Waals surface area contributed by atoms with Gasteiger partial charge in [0.25, 0.3) is 5.91 Å². The minimum atomic E-state index is -2.99. The third kappa shape index (κ3) is 3.92. The van der Waals surface area contributed by atoms with Gasteiger partial charge in [-0.05, 0) is 42.8 Å². The smallest absolute Gasteiger partial charge is 0.387 e. The van der Waals surface area contributed by atoms with E-state index in [1.165, 1.54) is 30.3 Å². The Morgan fingerprint density at radius 3 is 2.59 bits per heavy atom. The van der Waals surface area contributed by atoms with Crippen molar-refractivity contribution in [2.45, 2.75) is 13.5 Å². The fraction of sp³-hybridized carbons (Fsp3) is 0.133. The molecule has 0 radical (unpaired) electrons. The zero-order chi connectivity index (χ0) is 16.3. The van der Waals surface area contributed by atoms with Crippen LogP contribution in [0.2, 0.25) is 5.02 Å². The Balaban J connectivity index is 2.18. The van der Waals surface area contributed by atoms with Crippen LogP contribution in [0.3, 0.4) is 0 Å². The molecule has 2 aromatic rings. The molecule has 3 nitrogen and oxygen atoms in total. The van der Waals surface area contributed by atoms with E-state index in [9.17, 15) is 18.0 Å². The third-order valence-corrected chi connectivity index (χ3v) is 3.15. The van der Waals surface area contributed by atoms with Gasteiger partial charge in [0.15, 0.2) is 0 Å². The SMILES string of the molecule is Cc1ccc(F)cc1C(=O)Nc1ccc(OC(F)F)c(Cl)c1. The van der Waals surface area contributed by atoms with E-state index >= 15 is 0 Å². The molecule has 0 aliphatic carbocycles. The predicted molar refractivity (Wildman–Crippen MR) is 77.2 cm³/mol. The minimum Gasteiger partial charge on any atom is -0.433 e. The summed E-state index contributed by atoms with van der Waals surface area (Å²) in [6.07, 6.45) is 0. The molecule has 22 heavy (non-hydrogen) atoms. The first-order valence-corrected chi connectivity index (χ1v) is 6.56. The lowest BCUT2D eigenvalue weighted by atomic mass is 10.1. The second kappa shape index (κ2) is 6.70. The van der Waals surface area contributed by atoms with Crippen molar-refractivity contribution in [3.05, 3.63) is 58.4 Å². The number of carbonyl (C=O) groups is 1. The van der Waals surface area contributed by atoms with Gasteiger partial charge in [-0.25, -0.2) is 4.39 Å². The second-order valence-corrected chi connectivity index (χ2v) is 4.84. The molecule has 7 heteroatoms. The highest BCUT2D eigenvalue weighted by atomic mass is 35.5. The number of ether oxygens (including phenoxy) is 1. The van der Waals surface area contributed by atoms with Gasteiger partial charge in [0.2, 0.25) is 0 Å². The van der Waals surface area contributed by atoms with Crippen LogP contribution in [0.15, 0.2) is 36.4 Å². The maximum Gasteiger partial charge on any atom is 0.387 e. The van der Waals surface area contributed by atoms with E-state index in [1.807, 2.05) is 0 Å². The van der Waals surface area contributed by atoms with Crippen molar-refractivity contribution < 1.29 is 22.7 Å². The number of hydrogen-bond acceptors (Lipinski definition) is 2. The normalized spacial score (nSPS) is 10.6. The standard InChI is InChI=1S/C15H11ClF3NO2/c1-8-2-3-9(17)6-11(8)14(21)20-10-4-5-13(12(16)7-10)22-15(18)19/h2-7,15H,1H3,(H,20,21). The predicted octanol–water partition coefficient (Wildman–Crippen LogP) is 4.64. The Labute approximate surface area is 129 Å².